The first kappa shape index (κ1) is 19.8. The number of amidine groups is 1. The Morgan fingerprint density at radius 3 is 2.79 bits per heavy atom. The molecule has 0 aromatic carbocycles. The highest BCUT2D eigenvalue weighted by Gasteiger charge is 2.26. The van der Waals surface area contributed by atoms with E-state index in [1.54, 1.807) is 18.2 Å². The minimum Gasteiger partial charge on any atom is -0.464 e. The van der Waals surface area contributed by atoms with E-state index in [1.165, 1.54) is 18.4 Å². The average molecular weight is 400 g/mol. The zero-order valence-corrected chi connectivity index (χ0v) is 16.6. The predicted molar refractivity (Wildman–Crippen MR) is 107 cm³/mol. The topological polar surface area (TPSA) is 110 Å². The zero-order chi connectivity index (χ0) is 20.3. The van der Waals surface area contributed by atoms with Gasteiger partial charge in [-0.05, 0) is 12.0 Å². The van der Waals surface area contributed by atoms with E-state index < -0.39 is 11.9 Å². The van der Waals surface area contributed by atoms with Gasteiger partial charge in [0.25, 0.3) is 5.91 Å². The number of thiazole rings is 1. The van der Waals surface area contributed by atoms with Crippen molar-refractivity contribution in [2.24, 2.45) is 15.9 Å². The standard InChI is InChI=1S/C19H20N4O4S/c1-10(2)16-15(18(26)27-3)23-19(28-16)22-14(24)9-8-13-20-12-7-5-4-6-11(12)17(25)21-13/h4-7,10-11H,8-9H2,1-3H3,(H,22,23,24). The maximum atomic E-state index is 12.3. The smallest absolute Gasteiger partial charge is 0.357 e. The lowest BCUT2D eigenvalue weighted by Crippen LogP contribution is -2.27. The number of esters is 1. The fourth-order valence-electron chi connectivity index (χ4n) is 2.76. The Bertz CT molecular complexity index is 940. The second-order valence-electron chi connectivity index (χ2n) is 6.55. The van der Waals surface area contributed by atoms with Gasteiger partial charge in [0.1, 0.15) is 11.8 Å². The maximum Gasteiger partial charge on any atom is 0.357 e. The monoisotopic (exact) mass is 400 g/mol. The predicted octanol–water partition coefficient (Wildman–Crippen LogP) is 2.89. The number of nitrogens with one attached hydrogen (secondary N) is 1. The van der Waals surface area contributed by atoms with E-state index in [4.69, 9.17) is 4.74 Å². The SMILES string of the molecule is COC(=O)c1nc(NC(=O)CCC2=NC(=O)C3C=CC=CC3=N2)sc1C(C)C. The van der Waals surface area contributed by atoms with Crippen LogP contribution in [-0.4, -0.2) is 41.4 Å². The Balaban J connectivity index is 1.63. The molecule has 0 radical (unpaired) electrons. The van der Waals surface area contributed by atoms with Gasteiger partial charge in [0.15, 0.2) is 10.8 Å². The normalized spacial score (nSPS) is 17.9. The lowest BCUT2D eigenvalue weighted by atomic mass is 9.96. The lowest BCUT2D eigenvalue weighted by Gasteiger charge is -2.17. The summed E-state index contributed by atoms with van der Waals surface area (Å²) in [7, 11) is 1.29. The third-order valence-electron chi connectivity index (χ3n) is 4.14. The molecule has 1 aliphatic heterocycles. The highest BCUT2D eigenvalue weighted by molar-refractivity contribution is 7.16. The minimum atomic E-state index is -0.532. The lowest BCUT2D eigenvalue weighted by molar-refractivity contribution is -0.119. The largest absolute Gasteiger partial charge is 0.464 e. The Labute approximate surface area is 166 Å². The molecular formula is C19H20N4O4S. The molecule has 1 unspecified atom stereocenters. The van der Waals surface area contributed by atoms with Crippen molar-refractivity contribution in [3.8, 4) is 0 Å². The van der Waals surface area contributed by atoms with Crippen LogP contribution >= 0.6 is 11.3 Å². The Morgan fingerprint density at radius 1 is 1.29 bits per heavy atom. The van der Waals surface area contributed by atoms with Gasteiger partial charge in [0.05, 0.1) is 12.8 Å². The average Bonchev–Trinajstić information content (AvgIpc) is 3.10. The first-order valence-corrected chi connectivity index (χ1v) is 9.64. The number of carbonyl (C=O) groups excluding carboxylic acids is 3. The molecule has 2 heterocycles. The summed E-state index contributed by atoms with van der Waals surface area (Å²) in [6.45, 7) is 3.87. The molecule has 1 atom stereocenters. The molecule has 0 bridgehead atoms. The van der Waals surface area contributed by atoms with Gasteiger partial charge in [-0.3, -0.25) is 9.59 Å². The number of aromatic nitrogens is 1. The van der Waals surface area contributed by atoms with Gasteiger partial charge in [-0.15, -0.1) is 11.3 Å². The number of anilines is 1. The molecule has 1 aromatic heterocycles. The van der Waals surface area contributed by atoms with E-state index >= 15 is 0 Å². The van der Waals surface area contributed by atoms with Crippen molar-refractivity contribution in [2.45, 2.75) is 32.6 Å². The highest BCUT2D eigenvalue weighted by Crippen LogP contribution is 2.30. The second kappa shape index (κ2) is 8.39. The van der Waals surface area contributed by atoms with Crippen LogP contribution in [0.3, 0.4) is 0 Å². The number of hydrogen-bond donors (Lipinski definition) is 1. The number of rotatable bonds is 6. The molecule has 0 saturated carbocycles. The number of nitrogens with zero attached hydrogens (tertiary/aromatic N) is 3. The van der Waals surface area contributed by atoms with Gasteiger partial charge in [0.2, 0.25) is 5.91 Å². The number of ether oxygens (including phenoxy) is 1. The van der Waals surface area contributed by atoms with Gasteiger partial charge < -0.3 is 10.1 Å². The molecule has 28 heavy (non-hydrogen) atoms. The summed E-state index contributed by atoms with van der Waals surface area (Å²) in [5, 5.41) is 3.03. The molecule has 8 nitrogen and oxygen atoms in total. The third-order valence-corrected chi connectivity index (χ3v) is 5.41. The van der Waals surface area contributed by atoms with Crippen LogP contribution in [0, 0.1) is 5.92 Å². The van der Waals surface area contributed by atoms with Gasteiger partial charge in [-0.2, -0.15) is 4.99 Å². The molecule has 1 aromatic rings. The van der Waals surface area contributed by atoms with E-state index in [0.717, 1.165) is 4.88 Å². The van der Waals surface area contributed by atoms with Crippen molar-refractivity contribution < 1.29 is 19.1 Å². The summed E-state index contributed by atoms with van der Waals surface area (Å²) >= 11 is 1.24. The van der Waals surface area contributed by atoms with Crippen LogP contribution in [0.25, 0.3) is 0 Å². The van der Waals surface area contributed by atoms with Gasteiger partial charge in [-0.1, -0.05) is 32.1 Å². The summed E-state index contributed by atoms with van der Waals surface area (Å²) in [5.74, 6) is -1.12. The van der Waals surface area contributed by atoms with Crippen molar-refractivity contribution in [3.05, 3.63) is 34.9 Å². The molecule has 0 spiro atoms. The van der Waals surface area contributed by atoms with E-state index in [-0.39, 0.29) is 36.3 Å². The van der Waals surface area contributed by atoms with E-state index in [9.17, 15) is 14.4 Å². The first-order chi connectivity index (χ1) is 13.4. The van der Waals surface area contributed by atoms with Crippen LogP contribution in [0.15, 0.2) is 34.3 Å². The fourth-order valence-corrected chi connectivity index (χ4v) is 3.73. The maximum absolute atomic E-state index is 12.3. The summed E-state index contributed by atoms with van der Waals surface area (Å²) in [4.78, 5) is 49.5. The van der Waals surface area contributed by atoms with Crippen molar-refractivity contribution in [2.75, 3.05) is 12.4 Å². The molecule has 9 heteroatoms. The second-order valence-corrected chi connectivity index (χ2v) is 7.58. The Hall–Kier alpha value is -2.94. The van der Waals surface area contributed by atoms with Gasteiger partial charge in [0, 0.05) is 17.7 Å². The molecule has 0 saturated heterocycles. The number of fused-ring (bicyclic) bond motifs is 1. The molecule has 1 aliphatic carbocycles. The molecule has 146 valence electrons. The number of hydrogen-bond acceptors (Lipinski definition) is 7. The molecular weight excluding hydrogens is 380 g/mol. The number of carbonyl (C=O) groups is 3. The van der Waals surface area contributed by atoms with E-state index in [0.29, 0.717) is 16.7 Å². The van der Waals surface area contributed by atoms with E-state index in [1.807, 2.05) is 19.9 Å². The Kier molecular flexibility index (Phi) is 5.93. The quantitative estimate of drug-likeness (QED) is 0.738. The van der Waals surface area contributed by atoms with Crippen molar-refractivity contribution >= 4 is 45.8 Å². The molecule has 0 fully saturated rings. The van der Waals surface area contributed by atoms with Gasteiger partial charge >= 0.3 is 5.97 Å². The van der Waals surface area contributed by atoms with Crippen molar-refractivity contribution in [1.82, 2.24) is 4.98 Å². The summed E-state index contributed by atoms with van der Waals surface area (Å²) < 4.78 is 4.75. The number of methoxy groups -OCH3 is 1. The molecule has 2 aliphatic rings. The van der Waals surface area contributed by atoms with Gasteiger partial charge in [-0.25, -0.2) is 14.8 Å². The van der Waals surface area contributed by atoms with E-state index in [2.05, 4.69) is 20.3 Å². The summed E-state index contributed by atoms with van der Waals surface area (Å²) in [6.07, 6.45) is 7.45. The van der Waals surface area contributed by atoms with Crippen molar-refractivity contribution in [3.63, 3.8) is 0 Å². The minimum absolute atomic E-state index is 0.0706. The highest BCUT2D eigenvalue weighted by atomic mass is 32.1. The van der Waals surface area contributed by atoms with Crippen LogP contribution in [0.5, 0.6) is 0 Å². The number of aliphatic imine (C=N–C) groups is 2. The third kappa shape index (κ3) is 4.30. The molecule has 3 rings (SSSR count). The Morgan fingerprint density at radius 2 is 2.07 bits per heavy atom. The number of allylic oxidation sites excluding steroid dienone is 3. The van der Waals surface area contributed by atoms with Crippen LogP contribution in [0.1, 0.15) is 48.0 Å². The summed E-state index contributed by atoms with van der Waals surface area (Å²) in [5.41, 5.74) is 0.858. The van der Waals surface area contributed by atoms with Crippen LogP contribution in [0.2, 0.25) is 0 Å². The fraction of sp³-hybridized carbons (Fsp3) is 0.368. The van der Waals surface area contributed by atoms with Crippen LogP contribution in [-0.2, 0) is 14.3 Å². The molecule has 2 amide bonds. The first-order valence-electron chi connectivity index (χ1n) is 8.82. The van der Waals surface area contributed by atoms with Crippen LogP contribution in [0.4, 0.5) is 5.13 Å². The summed E-state index contributed by atoms with van der Waals surface area (Å²) in [6, 6.07) is 0. The van der Waals surface area contributed by atoms with Crippen molar-refractivity contribution in [1.29, 1.82) is 0 Å². The van der Waals surface area contributed by atoms with Crippen LogP contribution < -0.4 is 5.32 Å². The number of amides is 2. The molecule has 1 N–H and O–H groups in total. The zero-order valence-electron chi connectivity index (χ0n) is 15.8.